The SMILES string of the molecule is C#Cc1cccc(-c2oc3c([C@@H](C)Nc4ccc(Cl)nc4)cc(C)cc3c(=O)c2C)c1. The Labute approximate surface area is 185 Å². The van der Waals surface area contributed by atoms with Crippen molar-refractivity contribution in [1.29, 1.82) is 0 Å². The first-order chi connectivity index (χ1) is 14.9. The zero-order chi connectivity index (χ0) is 22.1. The zero-order valence-corrected chi connectivity index (χ0v) is 18.2. The van der Waals surface area contributed by atoms with Crippen molar-refractivity contribution in [2.24, 2.45) is 0 Å². The van der Waals surface area contributed by atoms with Crippen LogP contribution in [0.1, 0.15) is 35.2 Å². The summed E-state index contributed by atoms with van der Waals surface area (Å²) in [5, 5.41) is 4.40. The van der Waals surface area contributed by atoms with Crippen LogP contribution < -0.4 is 10.7 Å². The maximum Gasteiger partial charge on any atom is 0.196 e. The summed E-state index contributed by atoms with van der Waals surface area (Å²) >= 11 is 5.89. The predicted molar refractivity (Wildman–Crippen MR) is 127 cm³/mol. The molecule has 2 aromatic carbocycles. The molecule has 0 amide bonds. The molecule has 5 heteroatoms. The van der Waals surface area contributed by atoms with E-state index in [1.165, 1.54) is 0 Å². The van der Waals surface area contributed by atoms with Crippen molar-refractivity contribution >= 4 is 28.3 Å². The van der Waals surface area contributed by atoms with Crippen molar-refractivity contribution in [1.82, 2.24) is 4.98 Å². The van der Waals surface area contributed by atoms with E-state index in [0.29, 0.717) is 27.4 Å². The predicted octanol–water partition coefficient (Wildman–Crippen LogP) is 6.28. The van der Waals surface area contributed by atoms with Crippen LogP contribution in [0.4, 0.5) is 5.69 Å². The van der Waals surface area contributed by atoms with Crippen LogP contribution in [0, 0.1) is 26.2 Å². The topological polar surface area (TPSA) is 55.1 Å². The van der Waals surface area contributed by atoms with Gasteiger partial charge in [-0.15, -0.1) is 6.42 Å². The van der Waals surface area contributed by atoms with Gasteiger partial charge in [-0.25, -0.2) is 4.98 Å². The fraction of sp³-hybridized carbons (Fsp3) is 0.154. The van der Waals surface area contributed by atoms with Crippen molar-refractivity contribution in [3.63, 3.8) is 0 Å². The van der Waals surface area contributed by atoms with Crippen molar-refractivity contribution in [2.45, 2.75) is 26.8 Å². The second-order valence-electron chi connectivity index (χ2n) is 7.58. The lowest BCUT2D eigenvalue weighted by molar-refractivity contribution is 0.605. The number of aromatic nitrogens is 1. The van der Waals surface area contributed by atoms with E-state index in [4.69, 9.17) is 22.4 Å². The molecule has 0 bridgehead atoms. The molecule has 0 aliphatic heterocycles. The van der Waals surface area contributed by atoms with Crippen molar-refractivity contribution in [3.8, 4) is 23.7 Å². The van der Waals surface area contributed by atoms with E-state index in [0.717, 1.165) is 27.9 Å². The molecule has 1 N–H and O–H groups in total. The largest absolute Gasteiger partial charge is 0.455 e. The molecule has 0 aliphatic rings. The number of nitrogens with zero attached hydrogens (tertiary/aromatic N) is 1. The molecule has 4 aromatic rings. The number of hydrogen-bond acceptors (Lipinski definition) is 4. The third-order valence-electron chi connectivity index (χ3n) is 5.26. The first-order valence-corrected chi connectivity index (χ1v) is 10.3. The normalized spacial score (nSPS) is 11.8. The maximum absolute atomic E-state index is 13.3. The van der Waals surface area contributed by atoms with Crippen LogP contribution >= 0.6 is 11.6 Å². The quantitative estimate of drug-likeness (QED) is 0.307. The molecule has 0 unspecified atom stereocenters. The van der Waals surface area contributed by atoms with Crippen molar-refractivity contribution < 1.29 is 4.42 Å². The third kappa shape index (κ3) is 4.05. The molecule has 0 spiro atoms. The summed E-state index contributed by atoms with van der Waals surface area (Å²) in [5.41, 5.74) is 5.27. The monoisotopic (exact) mass is 428 g/mol. The van der Waals surface area contributed by atoms with E-state index in [9.17, 15) is 4.79 Å². The van der Waals surface area contributed by atoms with Gasteiger partial charge in [0, 0.05) is 22.3 Å². The molecular weight excluding hydrogens is 408 g/mol. The van der Waals surface area contributed by atoms with Gasteiger partial charge in [-0.2, -0.15) is 0 Å². The van der Waals surface area contributed by atoms with Crippen LogP contribution in [0.5, 0.6) is 0 Å². The Balaban J connectivity index is 1.89. The van der Waals surface area contributed by atoms with Gasteiger partial charge in [0.2, 0.25) is 0 Å². The molecule has 4 rings (SSSR count). The first-order valence-electron chi connectivity index (χ1n) is 9.90. The van der Waals surface area contributed by atoms with Gasteiger partial charge in [-0.05, 0) is 56.7 Å². The van der Waals surface area contributed by atoms with Crippen LogP contribution in [0.3, 0.4) is 0 Å². The van der Waals surface area contributed by atoms with E-state index in [2.05, 4.69) is 16.2 Å². The average Bonchev–Trinajstić information content (AvgIpc) is 2.77. The molecule has 1 atom stereocenters. The van der Waals surface area contributed by atoms with Crippen LogP contribution in [0.15, 0.2) is 63.9 Å². The number of terminal acetylenes is 1. The molecule has 0 radical (unpaired) electrons. The Morgan fingerprint density at radius 3 is 2.68 bits per heavy atom. The summed E-state index contributed by atoms with van der Waals surface area (Å²) in [6.07, 6.45) is 7.23. The van der Waals surface area contributed by atoms with Gasteiger partial charge >= 0.3 is 0 Å². The number of pyridine rings is 1. The molecule has 31 heavy (non-hydrogen) atoms. The molecular formula is C26H21ClN2O2. The average molecular weight is 429 g/mol. The molecule has 4 nitrogen and oxygen atoms in total. The third-order valence-corrected chi connectivity index (χ3v) is 5.48. The van der Waals surface area contributed by atoms with Crippen LogP contribution in [-0.2, 0) is 0 Å². The standard InChI is InChI=1S/C26H21ClN2O2/c1-5-18-7-6-8-19(13-18)25-16(3)24(30)22-12-15(2)11-21(26(22)31-25)17(4)29-20-9-10-23(27)28-14-20/h1,6-14,17,29H,2-4H3/t17-/m1/s1. The second-order valence-corrected chi connectivity index (χ2v) is 7.96. The van der Waals surface area contributed by atoms with Crippen LogP contribution in [-0.4, -0.2) is 4.98 Å². The van der Waals surface area contributed by atoms with Gasteiger partial charge < -0.3 is 9.73 Å². The first kappa shape index (κ1) is 20.7. The highest BCUT2D eigenvalue weighted by Gasteiger charge is 2.19. The Kier molecular flexibility index (Phi) is 5.54. The summed E-state index contributed by atoms with van der Waals surface area (Å²) in [6.45, 7) is 5.77. The zero-order valence-electron chi connectivity index (χ0n) is 17.5. The lowest BCUT2D eigenvalue weighted by Gasteiger charge is -2.18. The summed E-state index contributed by atoms with van der Waals surface area (Å²) in [6, 6.07) is 14.8. The van der Waals surface area contributed by atoms with Gasteiger partial charge in [-0.3, -0.25) is 4.79 Å². The Bertz CT molecular complexity index is 1380. The van der Waals surface area contributed by atoms with E-state index in [1.54, 1.807) is 19.2 Å². The van der Waals surface area contributed by atoms with Crippen LogP contribution in [0.2, 0.25) is 5.15 Å². The van der Waals surface area contributed by atoms with E-state index in [-0.39, 0.29) is 11.5 Å². The molecule has 2 heterocycles. The number of halogens is 1. The van der Waals surface area contributed by atoms with Gasteiger partial charge in [0.05, 0.1) is 23.3 Å². The van der Waals surface area contributed by atoms with Gasteiger partial charge in [-0.1, -0.05) is 35.7 Å². The number of aryl methyl sites for hydroxylation is 1. The summed E-state index contributed by atoms with van der Waals surface area (Å²) < 4.78 is 6.38. The summed E-state index contributed by atoms with van der Waals surface area (Å²) in [5.74, 6) is 3.16. The smallest absolute Gasteiger partial charge is 0.196 e. The molecule has 0 fully saturated rings. The minimum absolute atomic E-state index is 0.0485. The van der Waals surface area contributed by atoms with Gasteiger partial charge in [0.15, 0.2) is 5.43 Å². The highest BCUT2D eigenvalue weighted by atomic mass is 35.5. The van der Waals surface area contributed by atoms with E-state index >= 15 is 0 Å². The van der Waals surface area contributed by atoms with E-state index in [1.807, 2.05) is 56.3 Å². The minimum atomic E-state index is -0.138. The lowest BCUT2D eigenvalue weighted by Crippen LogP contribution is -2.12. The number of hydrogen-bond donors (Lipinski definition) is 1. The fourth-order valence-electron chi connectivity index (χ4n) is 3.70. The second kappa shape index (κ2) is 8.29. The molecule has 0 aliphatic carbocycles. The number of anilines is 1. The number of rotatable bonds is 4. The fourth-order valence-corrected chi connectivity index (χ4v) is 3.82. The lowest BCUT2D eigenvalue weighted by atomic mass is 9.98. The number of nitrogens with one attached hydrogen (secondary N) is 1. The number of benzene rings is 2. The molecule has 0 saturated carbocycles. The highest BCUT2D eigenvalue weighted by molar-refractivity contribution is 6.29. The molecule has 154 valence electrons. The Hall–Kier alpha value is -3.55. The Morgan fingerprint density at radius 2 is 1.97 bits per heavy atom. The van der Waals surface area contributed by atoms with Gasteiger partial charge in [0.25, 0.3) is 0 Å². The summed E-state index contributed by atoms with van der Waals surface area (Å²) in [7, 11) is 0. The van der Waals surface area contributed by atoms with Crippen molar-refractivity contribution in [3.05, 3.63) is 92.4 Å². The van der Waals surface area contributed by atoms with Gasteiger partial charge in [0.1, 0.15) is 16.5 Å². The minimum Gasteiger partial charge on any atom is -0.455 e. The molecule has 2 aromatic heterocycles. The number of fused-ring (bicyclic) bond motifs is 1. The maximum atomic E-state index is 13.3. The summed E-state index contributed by atoms with van der Waals surface area (Å²) in [4.78, 5) is 17.4. The van der Waals surface area contributed by atoms with Crippen LogP contribution in [0.25, 0.3) is 22.3 Å². The Morgan fingerprint density at radius 1 is 1.16 bits per heavy atom. The van der Waals surface area contributed by atoms with E-state index < -0.39 is 0 Å². The highest BCUT2D eigenvalue weighted by Crippen LogP contribution is 2.32. The molecule has 0 saturated heterocycles. The van der Waals surface area contributed by atoms with Crippen molar-refractivity contribution in [2.75, 3.05) is 5.32 Å².